The molecule has 0 fully saturated rings. The maximum atomic E-state index is 13.4. The van der Waals surface area contributed by atoms with Crippen LogP contribution in [-0.2, 0) is 16.0 Å². The second kappa shape index (κ2) is 7.42. The molecule has 2 aromatic carbocycles. The van der Waals surface area contributed by atoms with Crippen LogP contribution in [-0.4, -0.2) is 24.5 Å². The summed E-state index contributed by atoms with van der Waals surface area (Å²) in [7, 11) is -3.43. The Labute approximate surface area is 176 Å². The number of hydrogen-bond acceptors (Lipinski definition) is 4. The van der Waals surface area contributed by atoms with Gasteiger partial charge in [-0.15, -0.1) is 0 Å². The van der Waals surface area contributed by atoms with Crippen LogP contribution >= 0.6 is 0 Å². The SMILES string of the molecule is Cc1cc(-c2ccco2)ccc1-c1cc(C(F)(F)F)nn1-c1ccc(S(C)(=O)=O)cc1. The van der Waals surface area contributed by atoms with E-state index in [-0.39, 0.29) is 10.6 Å². The molecule has 0 aliphatic carbocycles. The van der Waals surface area contributed by atoms with Gasteiger partial charge in [0, 0.05) is 17.4 Å². The Morgan fingerprint density at radius 1 is 1.00 bits per heavy atom. The fraction of sp³-hybridized carbons (Fsp3) is 0.136. The lowest BCUT2D eigenvalue weighted by Crippen LogP contribution is -2.07. The molecule has 5 nitrogen and oxygen atoms in total. The highest BCUT2D eigenvalue weighted by atomic mass is 32.2. The first kappa shape index (κ1) is 20.9. The molecule has 0 unspecified atom stereocenters. The molecule has 31 heavy (non-hydrogen) atoms. The van der Waals surface area contributed by atoms with E-state index >= 15 is 0 Å². The number of hydrogen-bond donors (Lipinski definition) is 0. The van der Waals surface area contributed by atoms with Crippen LogP contribution < -0.4 is 0 Å². The smallest absolute Gasteiger partial charge is 0.435 e. The van der Waals surface area contributed by atoms with E-state index in [1.807, 2.05) is 6.07 Å². The van der Waals surface area contributed by atoms with Crippen LogP contribution in [0.2, 0.25) is 0 Å². The summed E-state index contributed by atoms with van der Waals surface area (Å²) in [6, 6.07) is 15.4. The maximum absolute atomic E-state index is 13.4. The molecule has 160 valence electrons. The first-order valence-electron chi connectivity index (χ1n) is 9.17. The van der Waals surface area contributed by atoms with Gasteiger partial charge in [-0.05, 0) is 61.0 Å². The van der Waals surface area contributed by atoms with Crippen LogP contribution in [0.15, 0.2) is 76.2 Å². The van der Waals surface area contributed by atoms with Crippen LogP contribution in [0.5, 0.6) is 0 Å². The van der Waals surface area contributed by atoms with E-state index in [0.29, 0.717) is 17.0 Å². The number of furan rings is 1. The fourth-order valence-corrected chi connectivity index (χ4v) is 3.92. The number of halogens is 3. The highest BCUT2D eigenvalue weighted by Gasteiger charge is 2.35. The minimum Gasteiger partial charge on any atom is -0.464 e. The summed E-state index contributed by atoms with van der Waals surface area (Å²) >= 11 is 0. The van der Waals surface area contributed by atoms with Crippen molar-refractivity contribution in [2.75, 3.05) is 6.26 Å². The number of rotatable bonds is 4. The van der Waals surface area contributed by atoms with Gasteiger partial charge in [0.2, 0.25) is 0 Å². The van der Waals surface area contributed by atoms with Crippen LogP contribution in [0.1, 0.15) is 11.3 Å². The summed E-state index contributed by atoms with van der Waals surface area (Å²) in [6.07, 6.45) is -2.02. The summed E-state index contributed by atoms with van der Waals surface area (Å²) in [4.78, 5) is 0.0694. The Hall–Kier alpha value is -3.33. The molecule has 0 radical (unpaired) electrons. The molecule has 0 atom stereocenters. The number of aromatic nitrogens is 2. The average Bonchev–Trinajstić information content (AvgIpc) is 3.37. The number of alkyl halides is 3. The van der Waals surface area contributed by atoms with Crippen LogP contribution in [0, 0.1) is 6.92 Å². The summed E-state index contributed by atoms with van der Waals surface area (Å²) < 4.78 is 70.2. The Kier molecular flexibility index (Phi) is 5.01. The predicted molar refractivity (Wildman–Crippen MR) is 110 cm³/mol. The van der Waals surface area contributed by atoms with Crippen LogP contribution in [0.4, 0.5) is 13.2 Å². The minimum absolute atomic E-state index is 0.0694. The highest BCUT2D eigenvalue weighted by Crippen LogP contribution is 2.35. The average molecular weight is 446 g/mol. The number of sulfone groups is 1. The summed E-state index contributed by atoms with van der Waals surface area (Å²) in [5.41, 5.74) is 1.60. The van der Waals surface area contributed by atoms with E-state index in [1.165, 1.54) is 28.9 Å². The van der Waals surface area contributed by atoms with Crippen molar-refractivity contribution in [2.24, 2.45) is 0 Å². The van der Waals surface area contributed by atoms with E-state index in [9.17, 15) is 21.6 Å². The minimum atomic E-state index is -4.63. The van der Waals surface area contributed by atoms with Gasteiger partial charge in [0.25, 0.3) is 0 Å². The summed E-state index contributed by atoms with van der Waals surface area (Å²) in [5, 5.41) is 3.76. The van der Waals surface area contributed by atoms with E-state index in [2.05, 4.69) is 5.10 Å². The lowest BCUT2D eigenvalue weighted by molar-refractivity contribution is -0.141. The van der Waals surface area contributed by atoms with Gasteiger partial charge in [0.1, 0.15) is 5.76 Å². The van der Waals surface area contributed by atoms with Crippen molar-refractivity contribution in [3.8, 4) is 28.3 Å². The van der Waals surface area contributed by atoms with Gasteiger partial charge in [-0.1, -0.05) is 12.1 Å². The van der Waals surface area contributed by atoms with E-state index < -0.39 is 21.7 Å². The monoisotopic (exact) mass is 446 g/mol. The fourth-order valence-electron chi connectivity index (χ4n) is 3.29. The third-order valence-corrected chi connectivity index (χ3v) is 5.95. The van der Waals surface area contributed by atoms with Gasteiger partial charge >= 0.3 is 6.18 Å². The molecular weight excluding hydrogens is 429 g/mol. The van der Waals surface area contributed by atoms with E-state index in [4.69, 9.17) is 4.42 Å². The standard InChI is InChI=1S/C22H17F3N2O3S/c1-14-12-15(20-4-3-11-30-20)5-10-18(14)19-13-21(22(23,24)25)26-27(19)16-6-8-17(9-7-16)31(2,28)29/h3-13H,1-2H3. The Bertz CT molecular complexity index is 1340. The third kappa shape index (κ3) is 4.13. The topological polar surface area (TPSA) is 65.1 Å². The molecule has 2 aromatic heterocycles. The van der Waals surface area contributed by atoms with E-state index in [1.54, 1.807) is 37.5 Å². The Balaban J connectivity index is 1.85. The predicted octanol–water partition coefficient (Wildman–Crippen LogP) is 5.53. The zero-order chi connectivity index (χ0) is 22.4. The van der Waals surface area contributed by atoms with Crippen molar-refractivity contribution < 1.29 is 26.0 Å². The lowest BCUT2D eigenvalue weighted by atomic mass is 10.0. The first-order valence-corrected chi connectivity index (χ1v) is 11.1. The molecule has 0 saturated carbocycles. The molecule has 0 bridgehead atoms. The lowest BCUT2D eigenvalue weighted by Gasteiger charge is -2.11. The number of aryl methyl sites for hydroxylation is 1. The second-order valence-corrected chi connectivity index (χ2v) is 9.11. The highest BCUT2D eigenvalue weighted by molar-refractivity contribution is 7.90. The second-order valence-electron chi connectivity index (χ2n) is 7.10. The first-order chi connectivity index (χ1) is 14.5. The van der Waals surface area contributed by atoms with Crippen molar-refractivity contribution in [2.45, 2.75) is 18.0 Å². The molecule has 4 rings (SSSR count). The molecule has 0 amide bonds. The molecular formula is C22H17F3N2O3S. The third-order valence-electron chi connectivity index (χ3n) is 4.82. The molecule has 0 N–H and O–H groups in total. The Morgan fingerprint density at radius 3 is 2.26 bits per heavy atom. The number of benzene rings is 2. The molecule has 0 spiro atoms. The van der Waals surface area contributed by atoms with Gasteiger partial charge in [0.05, 0.1) is 22.5 Å². The molecule has 0 saturated heterocycles. The largest absolute Gasteiger partial charge is 0.464 e. The van der Waals surface area contributed by atoms with Crippen molar-refractivity contribution in [3.05, 3.63) is 78.2 Å². The molecule has 0 aliphatic heterocycles. The molecule has 4 aromatic rings. The Morgan fingerprint density at radius 2 is 1.71 bits per heavy atom. The number of nitrogens with zero attached hydrogens (tertiary/aromatic N) is 2. The van der Waals surface area contributed by atoms with Crippen LogP contribution in [0.25, 0.3) is 28.3 Å². The van der Waals surface area contributed by atoms with Gasteiger partial charge < -0.3 is 4.42 Å². The molecule has 0 aliphatic rings. The zero-order valence-corrected chi connectivity index (χ0v) is 17.3. The van der Waals surface area contributed by atoms with Gasteiger partial charge in [-0.2, -0.15) is 18.3 Å². The molecule has 9 heteroatoms. The normalized spacial score (nSPS) is 12.3. The van der Waals surface area contributed by atoms with Gasteiger partial charge in [-0.3, -0.25) is 0 Å². The van der Waals surface area contributed by atoms with Crippen molar-refractivity contribution in [1.29, 1.82) is 0 Å². The van der Waals surface area contributed by atoms with Crippen molar-refractivity contribution >= 4 is 9.84 Å². The molecule has 2 heterocycles. The van der Waals surface area contributed by atoms with Crippen molar-refractivity contribution in [1.82, 2.24) is 9.78 Å². The van der Waals surface area contributed by atoms with Gasteiger partial charge in [-0.25, -0.2) is 13.1 Å². The zero-order valence-electron chi connectivity index (χ0n) is 16.5. The maximum Gasteiger partial charge on any atom is 0.435 e. The van der Waals surface area contributed by atoms with Crippen LogP contribution in [0.3, 0.4) is 0 Å². The van der Waals surface area contributed by atoms with Crippen molar-refractivity contribution in [3.63, 3.8) is 0 Å². The summed E-state index contributed by atoms with van der Waals surface area (Å²) in [5.74, 6) is 0.649. The van der Waals surface area contributed by atoms with E-state index in [0.717, 1.165) is 23.4 Å². The summed E-state index contributed by atoms with van der Waals surface area (Å²) in [6.45, 7) is 1.79. The van der Waals surface area contributed by atoms with Gasteiger partial charge in [0.15, 0.2) is 15.5 Å². The quantitative estimate of drug-likeness (QED) is 0.414.